The lowest BCUT2D eigenvalue weighted by Crippen LogP contribution is -2.54. The number of rotatable bonds is 2. The van der Waals surface area contributed by atoms with Crippen LogP contribution in [0.4, 0.5) is 0 Å². The SMILES string of the molecule is CC1(C)COCCN1C1CC1CO. The molecule has 0 spiro atoms. The molecule has 2 aliphatic rings. The monoisotopic (exact) mass is 185 g/mol. The van der Waals surface area contributed by atoms with Gasteiger partial charge in [0.25, 0.3) is 0 Å². The van der Waals surface area contributed by atoms with E-state index in [2.05, 4.69) is 18.7 Å². The van der Waals surface area contributed by atoms with E-state index in [9.17, 15) is 0 Å². The van der Waals surface area contributed by atoms with Gasteiger partial charge in [-0.2, -0.15) is 0 Å². The van der Waals surface area contributed by atoms with Gasteiger partial charge in [-0.15, -0.1) is 0 Å². The molecule has 0 radical (unpaired) electrons. The highest BCUT2D eigenvalue weighted by Gasteiger charge is 2.47. The lowest BCUT2D eigenvalue weighted by Gasteiger charge is -2.42. The second-order valence-electron chi connectivity index (χ2n) is 4.80. The summed E-state index contributed by atoms with van der Waals surface area (Å²) in [6.07, 6.45) is 1.17. The maximum atomic E-state index is 9.02. The highest BCUT2D eigenvalue weighted by atomic mass is 16.5. The Balaban J connectivity index is 1.97. The Morgan fingerprint density at radius 3 is 2.85 bits per heavy atom. The normalized spacial score (nSPS) is 39.0. The molecule has 0 aromatic carbocycles. The van der Waals surface area contributed by atoms with Crippen molar-refractivity contribution in [3.05, 3.63) is 0 Å². The highest BCUT2D eigenvalue weighted by molar-refractivity contribution is 5.00. The van der Waals surface area contributed by atoms with Crippen LogP contribution in [0, 0.1) is 5.92 Å². The zero-order chi connectivity index (χ0) is 9.47. The van der Waals surface area contributed by atoms with Crippen LogP contribution in [0.15, 0.2) is 0 Å². The summed E-state index contributed by atoms with van der Waals surface area (Å²) in [5.41, 5.74) is 0.160. The zero-order valence-electron chi connectivity index (χ0n) is 8.49. The van der Waals surface area contributed by atoms with Crippen LogP contribution in [0.5, 0.6) is 0 Å². The molecule has 1 aliphatic heterocycles. The predicted octanol–water partition coefficient (Wildman–Crippen LogP) is 0.478. The molecule has 0 aromatic heterocycles. The van der Waals surface area contributed by atoms with E-state index >= 15 is 0 Å². The molecule has 1 saturated heterocycles. The minimum Gasteiger partial charge on any atom is -0.396 e. The third kappa shape index (κ3) is 1.73. The van der Waals surface area contributed by atoms with Crippen LogP contribution in [0.3, 0.4) is 0 Å². The Morgan fingerprint density at radius 1 is 1.54 bits per heavy atom. The highest BCUT2D eigenvalue weighted by Crippen LogP contribution is 2.39. The molecular weight excluding hydrogens is 166 g/mol. The standard InChI is InChI=1S/C10H19NO2/c1-10(2)7-13-4-3-11(10)9-5-8(9)6-12/h8-9,12H,3-7H2,1-2H3. The van der Waals surface area contributed by atoms with E-state index in [4.69, 9.17) is 9.84 Å². The van der Waals surface area contributed by atoms with Gasteiger partial charge in [-0.3, -0.25) is 4.90 Å². The van der Waals surface area contributed by atoms with E-state index in [1.165, 1.54) is 6.42 Å². The average Bonchev–Trinajstić information content (AvgIpc) is 2.82. The fourth-order valence-electron chi connectivity index (χ4n) is 2.29. The van der Waals surface area contributed by atoms with Gasteiger partial charge in [-0.25, -0.2) is 0 Å². The zero-order valence-corrected chi connectivity index (χ0v) is 8.49. The van der Waals surface area contributed by atoms with E-state index < -0.39 is 0 Å². The van der Waals surface area contributed by atoms with Crippen LogP contribution in [0.1, 0.15) is 20.3 Å². The molecule has 76 valence electrons. The summed E-state index contributed by atoms with van der Waals surface area (Å²) in [5.74, 6) is 0.525. The van der Waals surface area contributed by atoms with Gasteiger partial charge in [0.15, 0.2) is 0 Å². The summed E-state index contributed by atoms with van der Waals surface area (Å²) < 4.78 is 5.46. The van der Waals surface area contributed by atoms with E-state index in [1.807, 2.05) is 0 Å². The summed E-state index contributed by atoms with van der Waals surface area (Å²) in [5, 5.41) is 9.02. The maximum absolute atomic E-state index is 9.02. The van der Waals surface area contributed by atoms with E-state index in [1.54, 1.807) is 0 Å². The quantitative estimate of drug-likeness (QED) is 0.679. The maximum Gasteiger partial charge on any atom is 0.0645 e. The van der Waals surface area contributed by atoms with E-state index in [-0.39, 0.29) is 5.54 Å². The molecule has 0 bridgehead atoms. The number of hydrogen-bond acceptors (Lipinski definition) is 3. The van der Waals surface area contributed by atoms with Gasteiger partial charge in [0.2, 0.25) is 0 Å². The van der Waals surface area contributed by atoms with Gasteiger partial charge < -0.3 is 9.84 Å². The number of nitrogens with zero attached hydrogens (tertiary/aromatic N) is 1. The number of morpholine rings is 1. The number of hydrogen-bond donors (Lipinski definition) is 1. The summed E-state index contributed by atoms with van der Waals surface area (Å²) in [4.78, 5) is 2.50. The lowest BCUT2D eigenvalue weighted by atomic mass is 10.0. The smallest absolute Gasteiger partial charge is 0.0645 e. The molecule has 2 rings (SSSR count). The number of ether oxygens (including phenoxy) is 1. The molecule has 2 fully saturated rings. The van der Waals surface area contributed by atoms with Crippen molar-refractivity contribution >= 4 is 0 Å². The molecular formula is C10H19NO2. The van der Waals surface area contributed by atoms with Crippen molar-refractivity contribution in [2.75, 3.05) is 26.4 Å². The molecule has 1 aliphatic carbocycles. The fourth-order valence-corrected chi connectivity index (χ4v) is 2.29. The minimum absolute atomic E-state index is 0.160. The van der Waals surface area contributed by atoms with Crippen molar-refractivity contribution < 1.29 is 9.84 Å². The van der Waals surface area contributed by atoms with Crippen molar-refractivity contribution in [3.8, 4) is 0 Å². The van der Waals surface area contributed by atoms with Gasteiger partial charge >= 0.3 is 0 Å². The van der Waals surface area contributed by atoms with Gasteiger partial charge in [-0.05, 0) is 26.2 Å². The van der Waals surface area contributed by atoms with Gasteiger partial charge in [0.1, 0.15) is 0 Å². The fraction of sp³-hybridized carbons (Fsp3) is 1.00. The van der Waals surface area contributed by atoms with Crippen LogP contribution in [0.2, 0.25) is 0 Å². The van der Waals surface area contributed by atoms with Gasteiger partial charge in [0, 0.05) is 24.7 Å². The van der Waals surface area contributed by atoms with Crippen molar-refractivity contribution in [2.24, 2.45) is 5.92 Å². The van der Waals surface area contributed by atoms with Crippen molar-refractivity contribution in [1.82, 2.24) is 4.90 Å². The van der Waals surface area contributed by atoms with Crippen molar-refractivity contribution in [2.45, 2.75) is 31.8 Å². The first-order valence-corrected chi connectivity index (χ1v) is 5.10. The number of aliphatic hydroxyl groups is 1. The summed E-state index contributed by atoms with van der Waals surface area (Å²) in [7, 11) is 0. The Kier molecular flexibility index (Phi) is 2.34. The predicted molar refractivity (Wildman–Crippen MR) is 50.6 cm³/mol. The summed E-state index contributed by atoms with van der Waals surface area (Å²) in [6, 6.07) is 0.615. The molecule has 2 atom stereocenters. The first-order valence-electron chi connectivity index (χ1n) is 5.10. The molecule has 13 heavy (non-hydrogen) atoms. The van der Waals surface area contributed by atoms with Crippen LogP contribution in [0.25, 0.3) is 0 Å². The second kappa shape index (κ2) is 3.23. The van der Waals surface area contributed by atoms with Crippen molar-refractivity contribution in [3.63, 3.8) is 0 Å². The molecule has 2 unspecified atom stereocenters. The molecule has 0 amide bonds. The molecule has 0 aromatic rings. The largest absolute Gasteiger partial charge is 0.396 e. The minimum atomic E-state index is 0.160. The lowest BCUT2D eigenvalue weighted by molar-refractivity contribution is -0.0585. The Labute approximate surface area is 79.7 Å². The van der Waals surface area contributed by atoms with E-state index in [0.29, 0.717) is 18.6 Å². The molecule has 1 N–H and O–H groups in total. The first-order chi connectivity index (χ1) is 6.15. The Morgan fingerprint density at radius 2 is 2.31 bits per heavy atom. The van der Waals surface area contributed by atoms with Gasteiger partial charge in [-0.1, -0.05) is 0 Å². The Hall–Kier alpha value is -0.120. The summed E-state index contributed by atoms with van der Waals surface area (Å²) >= 11 is 0. The number of aliphatic hydroxyl groups excluding tert-OH is 1. The first kappa shape index (κ1) is 9.44. The van der Waals surface area contributed by atoms with E-state index in [0.717, 1.165) is 19.8 Å². The van der Waals surface area contributed by atoms with Crippen LogP contribution in [-0.2, 0) is 4.74 Å². The molecule has 1 saturated carbocycles. The van der Waals surface area contributed by atoms with Crippen LogP contribution >= 0.6 is 0 Å². The third-order valence-electron chi connectivity index (χ3n) is 3.23. The Bertz CT molecular complexity index is 193. The topological polar surface area (TPSA) is 32.7 Å². The molecule has 1 heterocycles. The second-order valence-corrected chi connectivity index (χ2v) is 4.80. The average molecular weight is 185 g/mol. The summed E-state index contributed by atoms with van der Waals surface area (Å²) in [6.45, 7) is 7.48. The third-order valence-corrected chi connectivity index (χ3v) is 3.23. The van der Waals surface area contributed by atoms with Crippen molar-refractivity contribution in [1.29, 1.82) is 0 Å². The van der Waals surface area contributed by atoms with Gasteiger partial charge in [0.05, 0.1) is 13.2 Å². The molecule has 3 nitrogen and oxygen atoms in total. The van der Waals surface area contributed by atoms with Crippen LogP contribution in [-0.4, -0.2) is 48.0 Å². The van der Waals surface area contributed by atoms with Crippen LogP contribution < -0.4 is 0 Å². The molecule has 3 heteroatoms.